The number of hydrogen-bond donors (Lipinski definition) is 2. The summed E-state index contributed by atoms with van der Waals surface area (Å²) in [5.41, 5.74) is 1.78. The summed E-state index contributed by atoms with van der Waals surface area (Å²) in [6.07, 6.45) is -0.210. The van der Waals surface area contributed by atoms with Crippen molar-refractivity contribution in [3.63, 3.8) is 0 Å². The number of fused-ring (bicyclic) bond motifs is 1. The maximum absolute atomic E-state index is 12.8. The molecule has 148 valence electrons. The molecule has 1 saturated heterocycles. The molecule has 2 atom stereocenters. The lowest BCUT2D eigenvalue weighted by atomic mass is 10.0. The predicted molar refractivity (Wildman–Crippen MR) is 102 cm³/mol. The van der Waals surface area contributed by atoms with Crippen LogP contribution in [0.4, 0.5) is 4.79 Å². The van der Waals surface area contributed by atoms with Gasteiger partial charge in [-0.25, -0.2) is 4.79 Å². The van der Waals surface area contributed by atoms with Crippen LogP contribution in [-0.4, -0.2) is 48.6 Å². The molecular formula is C21H24N2O5. The molecule has 2 aliphatic heterocycles. The topological polar surface area (TPSA) is 80.3 Å². The Kier molecular flexibility index (Phi) is 5.64. The lowest BCUT2D eigenvalue weighted by Gasteiger charge is -2.36. The Bertz CT molecular complexity index is 814. The van der Waals surface area contributed by atoms with Crippen molar-refractivity contribution < 1.29 is 24.1 Å². The number of carbonyl (C=O) groups excluding carboxylic acids is 1. The average Bonchev–Trinajstić information content (AvgIpc) is 3.21. The summed E-state index contributed by atoms with van der Waals surface area (Å²) in [5, 5.41) is 13.5. The van der Waals surface area contributed by atoms with Crippen LogP contribution < -0.4 is 14.8 Å². The molecule has 0 bridgehead atoms. The Hall–Kier alpha value is -2.77. The Balaban J connectivity index is 1.36. The molecule has 0 aromatic heterocycles. The van der Waals surface area contributed by atoms with E-state index in [1.165, 1.54) is 0 Å². The maximum atomic E-state index is 12.8. The van der Waals surface area contributed by atoms with Crippen molar-refractivity contribution in [1.82, 2.24) is 10.2 Å². The summed E-state index contributed by atoms with van der Waals surface area (Å²) in [6, 6.07) is 14.8. The van der Waals surface area contributed by atoms with Gasteiger partial charge < -0.3 is 29.5 Å². The van der Waals surface area contributed by atoms with Crippen LogP contribution >= 0.6 is 0 Å². The van der Waals surface area contributed by atoms with Gasteiger partial charge in [0.1, 0.15) is 0 Å². The molecule has 4 rings (SSSR count). The van der Waals surface area contributed by atoms with Crippen molar-refractivity contribution in [2.45, 2.75) is 25.1 Å². The van der Waals surface area contributed by atoms with Crippen molar-refractivity contribution in [1.29, 1.82) is 0 Å². The third-order valence-corrected chi connectivity index (χ3v) is 5.05. The molecule has 0 unspecified atom stereocenters. The summed E-state index contributed by atoms with van der Waals surface area (Å²) in [7, 11) is 0. The lowest BCUT2D eigenvalue weighted by molar-refractivity contribution is -0.00698. The maximum Gasteiger partial charge on any atom is 0.318 e. The second-order valence-corrected chi connectivity index (χ2v) is 6.93. The predicted octanol–water partition coefficient (Wildman–Crippen LogP) is 2.45. The summed E-state index contributed by atoms with van der Waals surface area (Å²) in [4.78, 5) is 14.5. The Morgan fingerprint density at radius 2 is 2.00 bits per heavy atom. The molecule has 2 aromatic carbocycles. The molecule has 0 radical (unpaired) electrons. The normalized spacial score (nSPS) is 19.3. The van der Waals surface area contributed by atoms with Crippen LogP contribution in [-0.2, 0) is 11.3 Å². The Morgan fingerprint density at radius 1 is 1.18 bits per heavy atom. The zero-order chi connectivity index (χ0) is 19.3. The number of aliphatic hydroxyl groups excluding tert-OH is 1. The standard InChI is InChI=1S/C21H24N2O5/c24-18(16-4-2-1-3-5-16)11-17-13-26-9-8-23(17)21(25)22-12-15-6-7-19-20(10-15)28-14-27-19/h1-7,10,17-18,24H,8-9,11-14H2,(H,22,25)/t17-,18+/m1/s1. The van der Waals surface area contributed by atoms with Gasteiger partial charge >= 0.3 is 6.03 Å². The minimum absolute atomic E-state index is 0.161. The summed E-state index contributed by atoms with van der Waals surface area (Å²) in [5.74, 6) is 1.42. The number of hydrogen-bond acceptors (Lipinski definition) is 5. The quantitative estimate of drug-likeness (QED) is 0.828. The molecule has 2 amide bonds. The van der Waals surface area contributed by atoms with E-state index < -0.39 is 6.10 Å². The first-order valence-corrected chi connectivity index (χ1v) is 9.44. The van der Waals surface area contributed by atoms with Crippen molar-refractivity contribution >= 4 is 6.03 Å². The third-order valence-electron chi connectivity index (χ3n) is 5.05. The first-order valence-electron chi connectivity index (χ1n) is 9.44. The molecule has 1 fully saturated rings. The molecule has 2 N–H and O–H groups in total. The third kappa shape index (κ3) is 4.21. The SMILES string of the molecule is O=C(NCc1ccc2c(c1)OCO2)N1CCOC[C@H]1C[C@H](O)c1ccccc1. The minimum Gasteiger partial charge on any atom is -0.454 e. The fraction of sp³-hybridized carbons (Fsp3) is 0.381. The van der Waals surface area contributed by atoms with Crippen LogP contribution in [0.1, 0.15) is 23.7 Å². The largest absolute Gasteiger partial charge is 0.454 e. The zero-order valence-corrected chi connectivity index (χ0v) is 15.5. The Labute approximate surface area is 163 Å². The van der Waals surface area contributed by atoms with Crippen molar-refractivity contribution in [2.75, 3.05) is 26.6 Å². The van der Waals surface area contributed by atoms with E-state index in [1.54, 1.807) is 4.90 Å². The molecule has 2 heterocycles. The highest BCUT2D eigenvalue weighted by Crippen LogP contribution is 2.32. The molecule has 2 aromatic rings. The average molecular weight is 384 g/mol. The number of benzene rings is 2. The van der Waals surface area contributed by atoms with E-state index >= 15 is 0 Å². The molecule has 7 heteroatoms. The number of amides is 2. The monoisotopic (exact) mass is 384 g/mol. The summed E-state index contributed by atoms with van der Waals surface area (Å²) < 4.78 is 16.2. The van der Waals surface area contributed by atoms with Gasteiger partial charge in [-0.3, -0.25) is 0 Å². The lowest BCUT2D eigenvalue weighted by Crippen LogP contribution is -2.52. The van der Waals surface area contributed by atoms with E-state index in [0.717, 1.165) is 16.9 Å². The first-order chi connectivity index (χ1) is 13.7. The highest BCUT2D eigenvalue weighted by molar-refractivity contribution is 5.74. The molecule has 0 spiro atoms. The minimum atomic E-state index is -0.642. The zero-order valence-electron chi connectivity index (χ0n) is 15.5. The number of nitrogens with one attached hydrogen (secondary N) is 1. The van der Waals surface area contributed by atoms with E-state index in [9.17, 15) is 9.90 Å². The fourth-order valence-electron chi connectivity index (χ4n) is 3.52. The second kappa shape index (κ2) is 8.50. The van der Waals surface area contributed by atoms with E-state index in [4.69, 9.17) is 14.2 Å². The fourth-order valence-corrected chi connectivity index (χ4v) is 3.52. The van der Waals surface area contributed by atoms with Crippen LogP contribution in [0.3, 0.4) is 0 Å². The number of nitrogens with zero attached hydrogens (tertiary/aromatic N) is 1. The highest BCUT2D eigenvalue weighted by atomic mass is 16.7. The van der Waals surface area contributed by atoms with E-state index in [0.29, 0.717) is 38.5 Å². The highest BCUT2D eigenvalue weighted by Gasteiger charge is 2.29. The molecule has 2 aliphatic rings. The van der Waals surface area contributed by atoms with Gasteiger partial charge in [-0.15, -0.1) is 0 Å². The van der Waals surface area contributed by atoms with Crippen LogP contribution in [0.25, 0.3) is 0 Å². The van der Waals surface area contributed by atoms with Gasteiger partial charge in [0, 0.05) is 19.5 Å². The van der Waals surface area contributed by atoms with Gasteiger partial charge in [-0.1, -0.05) is 36.4 Å². The van der Waals surface area contributed by atoms with Crippen LogP contribution in [0.2, 0.25) is 0 Å². The number of ether oxygens (including phenoxy) is 3. The number of urea groups is 1. The van der Waals surface area contributed by atoms with Gasteiger partial charge in [0.15, 0.2) is 11.5 Å². The van der Waals surface area contributed by atoms with Gasteiger partial charge in [0.25, 0.3) is 0 Å². The number of carbonyl (C=O) groups is 1. The van der Waals surface area contributed by atoms with Crippen molar-refractivity contribution in [3.05, 3.63) is 59.7 Å². The van der Waals surface area contributed by atoms with Gasteiger partial charge in [-0.05, 0) is 23.3 Å². The van der Waals surface area contributed by atoms with Crippen LogP contribution in [0.5, 0.6) is 11.5 Å². The first kappa shape index (κ1) is 18.6. The van der Waals surface area contributed by atoms with Gasteiger partial charge in [0.2, 0.25) is 6.79 Å². The number of rotatable bonds is 5. The molecule has 0 saturated carbocycles. The molecule has 0 aliphatic carbocycles. The second-order valence-electron chi connectivity index (χ2n) is 6.93. The van der Waals surface area contributed by atoms with Crippen molar-refractivity contribution in [3.8, 4) is 11.5 Å². The Morgan fingerprint density at radius 3 is 2.86 bits per heavy atom. The number of morpholine rings is 1. The van der Waals surface area contributed by atoms with Gasteiger partial charge in [-0.2, -0.15) is 0 Å². The van der Waals surface area contributed by atoms with Crippen molar-refractivity contribution in [2.24, 2.45) is 0 Å². The van der Waals surface area contributed by atoms with Crippen LogP contribution in [0, 0.1) is 0 Å². The van der Waals surface area contributed by atoms with Crippen LogP contribution in [0.15, 0.2) is 48.5 Å². The molecule has 7 nitrogen and oxygen atoms in total. The molecule has 28 heavy (non-hydrogen) atoms. The van der Waals surface area contributed by atoms with E-state index in [-0.39, 0.29) is 18.9 Å². The van der Waals surface area contributed by atoms with E-state index in [1.807, 2.05) is 48.5 Å². The van der Waals surface area contributed by atoms with E-state index in [2.05, 4.69) is 5.32 Å². The summed E-state index contributed by atoms with van der Waals surface area (Å²) in [6.45, 7) is 2.03. The van der Waals surface area contributed by atoms with Gasteiger partial charge in [0.05, 0.1) is 25.4 Å². The number of aliphatic hydroxyl groups is 1. The molecular weight excluding hydrogens is 360 g/mol. The smallest absolute Gasteiger partial charge is 0.318 e. The summed E-state index contributed by atoms with van der Waals surface area (Å²) >= 11 is 0.